The van der Waals surface area contributed by atoms with Crippen molar-refractivity contribution in [1.82, 2.24) is 14.9 Å². The molecule has 1 aliphatic rings. The molecule has 6 nitrogen and oxygen atoms in total. The summed E-state index contributed by atoms with van der Waals surface area (Å²) in [5.41, 5.74) is -0.307. The number of anilines is 2. The first-order valence-electron chi connectivity index (χ1n) is 8.68. The van der Waals surface area contributed by atoms with Gasteiger partial charge in [-0.25, -0.2) is 9.97 Å². The lowest BCUT2D eigenvalue weighted by Crippen LogP contribution is -2.43. The summed E-state index contributed by atoms with van der Waals surface area (Å²) in [5, 5.41) is 0. The van der Waals surface area contributed by atoms with Gasteiger partial charge < -0.3 is 14.7 Å². The Labute approximate surface area is 145 Å². The summed E-state index contributed by atoms with van der Waals surface area (Å²) >= 11 is 0. The van der Waals surface area contributed by atoms with Crippen molar-refractivity contribution >= 4 is 17.5 Å². The zero-order chi connectivity index (χ0) is 17.9. The van der Waals surface area contributed by atoms with Crippen LogP contribution in [0, 0.1) is 11.3 Å². The van der Waals surface area contributed by atoms with Gasteiger partial charge in [-0.05, 0) is 18.8 Å². The Morgan fingerprint density at radius 1 is 1.21 bits per heavy atom. The molecule has 134 valence electrons. The van der Waals surface area contributed by atoms with E-state index < -0.39 is 0 Å². The monoisotopic (exact) mass is 333 g/mol. The van der Waals surface area contributed by atoms with Crippen molar-refractivity contribution in [1.29, 1.82) is 0 Å². The van der Waals surface area contributed by atoms with Gasteiger partial charge in [-0.3, -0.25) is 4.79 Å². The predicted octanol–water partition coefficient (Wildman–Crippen LogP) is 2.26. The molecule has 2 heterocycles. The second-order valence-corrected chi connectivity index (χ2v) is 7.99. The van der Waals surface area contributed by atoms with Crippen LogP contribution in [-0.4, -0.2) is 61.6 Å². The second-order valence-electron chi connectivity index (χ2n) is 7.99. The Kier molecular flexibility index (Phi) is 5.67. The number of carbonyl (C=O) groups is 1. The molecule has 0 aliphatic carbocycles. The van der Waals surface area contributed by atoms with E-state index in [9.17, 15) is 4.79 Å². The summed E-state index contributed by atoms with van der Waals surface area (Å²) in [6.45, 7) is 8.73. The summed E-state index contributed by atoms with van der Waals surface area (Å²) in [5.74, 6) is 2.70. The van der Waals surface area contributed by atoms with E-state index in [0.717, 1.165) is 44.1 Å². The largest absolute Gasteiger partial charge is 0.363 e. The molecule has 1 aliphatic heterocycles. The number of hydrogen-bond acceptors (Lipinski definition) is 5. The summed E-state index contributed by atoms with van der Waals surface area (Å²) < 4.78 is 0. The molecule has 24 heavy (non-hydrogen) atoms. The third-order valence-electron chi connectivity index (χ3n) is 4.56. The van der Waals surface area contributed by atoms with Gasteiger partial charge in [0.25, 0.3) is 0 Å². The average Bonchev–Trinajstić information content (AvgIpc) is 2.54. The molecule has 0 bridgehead atoms. The van der Waals surface area contributed by atoms with Crippen molar-refractivity contribution in [3.63, 3.8) is 0 Å². The Hall–Kier alpha value is -1.85. The number of piperidine rings is 1. The Morgan fingerprint density at radius 2 is 1.83 bits per heavy atom. The smallest absolute Gasteiger partial charge is 0.227 e. The summed E-state index contributed by atoms with van der Waals surface area (Å²) in [7, 11) is 5.90. The van der Waals surface area contributed by atoms with Crippen LogP contribution >= 0.6 is 0 Å². The Balaban J connectivity index is 1.90. The lowest BCUT2D eigenvalue weighted by Gasteiger charge is -2.36. The average molecular weight is 333 g/mol. The molecule has 1 aromatic heterocycles. The van der Waals surface area contributed by atoms with E-state index >= 15 is 0 Å². The van der Waals surface area contributed by atoms with Crippen molar-refractivity contribution in [2.45, 2.75) is 33.6 Å². The highest BCUT2D eigenvalue weighted by Gasteiger charge is 2.28. The molecule has 0 atom stereocenters. The Morgan fingerprint density at radius 3 is 2.38 bits per heavy atom. The zero-order valence-corrected chi connectivity index (χ0v) is 15.9. The molecular formula is C18H31N5O. The van der Waals surface area contributed by atoms with E-state index in [-0.39, 0.29) is 11.3 Å². The van der Waals surface area contributed by atoms with E-state index in [4.69, 9.17) is 0 Å². The van der Waals surface area contributed by atoms with Crippen molar-refractivity contribution in [3.8, 4) is 0 Å². The van der Waals surface area contributed by atoms with Gasteiger partial charge in [-0.2, -0.15) is 0 Å². The van der Waals surface area contributed by atoms with Crippen LogP contribution in [0.25, 0.3) is 0 Å². The minimum atomic E-state index is -0.307. The molecule has 1 saturated heterocycles. The molecule has 2 rings (SSSR count). The predicted molar refractivity (Wildman–Crippen MR) is 98.4 cm³/mol. The normalized spacial score (nSPS) is 16.2. The number of hydrogen-bond donors (Lipinski definition) is 0. The van der Waals surface area contributed by atoms with Crippen LogP contribution in [0.15, 0.2) is 12.4 Å². The van der Waals surface area contributed by atoms with Gasteiger partial charge in [0.05, 0.1) is 0 Å². The first-order chi connectivity index (χ1) is 11.2. The van der Waals surface area contributed by atoms with Crippen molar-refractivity contribution in [2.24, 2.45) is 11.3 Å². The molecule has 0 N–H and O–H groups in total. The summed E-state index contributed by atoms with van der Waals surface area (Å²) in [6.07, 6.45) is 3.80. The van der Waals surface area contributed by atoms with Gasteiger partial charge in [-0.15, -0.1) is 0 Å². The number of carbonyl (C=O) groups excluding carboxylic acids is 1. The van der Waals surface area contributed by atoms with Gasteiger partial charge in [0.1, 0.15) is 18.0 Å². The molecule has 1 aromatic rings. The highest BCUT2D eigenvalue weighted by Crippen LogP contribution is 2.25. The molecule has 1 fully saturated rings. The van der Waals surface area contributed by atoms with Crippen LogP contribution in [0.5, 0.6) is 0 Å². The maximum absolute atomic E-state index is 12.3. The maximum Gasteiger partial charge on any atom is 0.227 e. The van der Waals surface area contributed by atoms with Crippen LogP contribution < -0.4 is 9.80 Å². The van der Waals surface area contributed by atoms with Crippen LogP contribution in [0.3, 0.4) is 0 Å². The molecule has 0 saturated carbocycles. The minimum absolute atomic E-state index is 0.219. The van der Waals surface area contributed by atoms with Gasteiger partial charge >= 0.3 is 0 Å². The van der Waals surface area contributed by atoms with E-state index in [1.165, 1.54) is 0 Å². The van der Waals surface area contributed by atoms with Crippen molar-refractivity contribution in [3.05, 3.63) is 12.4 Å². The second kappa shape index (κ2) is 7.36. The molecule has 0 aromatic carbocycles. The molecular weight excluding hydrogens is 302 g/mol. The number of amides is 1. The number of nitrogens with zero attached hydrogens (tertiary/aromatic N) is 5. The van der Waals surface area contributed by atoms with E-state index in [1.807, 2.05) is 57.8 Å². The summed E-state index contributed by atoms with van der Waals surface area (Å²) in [6, 6.07) is 2.04. The van der Waals surface area contributed by atoms with Crippen LogP contribution in [-0.2, 0) is 4.79 Å². The molecule has 0 radical (unpaired) electrons. The summed E-state index contributed by atoms with van der Waals surface area (Å²) in [4.78, 5) is 27.2. The molecule has 6 heteroatoms. The SMILES string of the molecule is CN(CC1CCN(c2cc(N(C)C)ncn2)CC1)C(=O)C(C)(C)C. The standard InChI is InChI=1S/C18H31N5O/c1-18(2,3)17(24)22(6)12-14-7-9-23(10-8-14)16-11-15(21(4)5)19-13-20-16/h11,13-14H,7-10,12H2,1-6H3. The highest BCUT2D eigenvalue weighted by atomic mass is 16.2. The lowest BCUT2D eigenvalue weighted by atomic mass is 9.92. The first kappa shape index (κ1) is 18.5. The molecule has 0 unspecified atom stereocenters. The molecule has 1 amide bonds. The number of rotatable bonds is 4. The molecule has 0 spiro atoms. The van der Waals surface area contributed by atoms with Gasteiger partial charge in [-0.1, -0.05) is 20.8 Å². The van der Waals surface area contributed by atoms with E-state index in [1.54, 1.807) is 6.33 Å². The van der Waals surface area contributed by atoms with Gasteiger partial charge in [0.15, 0.2) is 0 Å². The topological polar surface area (TPSA) is 52.6 Å². The fraction of sp³-hybridized carbons (Fsp3) is 0.722. The fourth-order valence-corrected chi connectivity index (χ4v) is 3.14. The third-order valence-corrected chi connectivity index (χ3v) is 4.56. The van der Waals surface area contributed by atoms with E-state index in [2.05, 4.69) is 14.9 Å². The maximum atomic E-state index is 12.3. The van der Waals surface area contributed by atoms with Gasteiger partial charge in [0, 0.05) is 52.3 Å². The van der Waals surface area contributed by atoms with Crippen molar-refractivity contribution in [2.75, 3.05) is 50.6 Å². The van der Waals surface area contributed by atoms with Crippen molar-refractivity contribution < 1.29 is 4.79 Å². The van der Waals surface area contributed by atoms with Crippen LogP contribution in [0.2, 0.25) is 0 Å². The third kappa shape index (κ3) is 4.58. The number of aromatic nitrogens is 2. The van der Waals surface area contributed by atoms with Crippen LogP contribution in [0.4, 0.5) is 11.6 Å². The van der Waals surface area contributed by atoms with Gasteiger partial charge in [0.2, 0.25) is 5.91 Å². The Bertz CT molecular complexity index is 559. The lowest BCUT2D eigenvalue weighted by molar-refractivity contribution is -0.138. The minimum Gasteiger partial charge on any atom is -0.363 e. The van der Waals surface area contributed by atoms with Crippen LogP contribution in [0.1, 0.15) is 33.6 Å². The quantitative estimate of drug-likeness (QED) is 0.846. The fourth-order valence-electron chi connectivity index (χ4n) is 3.14. The first-order valence-corrected chi connectivity index (χ1v) is 8.68. The zero-order valence-electron chi connectivity index (χ0n) is 15.9. The van der Waals surface area contributed by atoms with E-state index in [0.29, 0.717) is 5.92 Å². The highest BCUT2D eigenvalue weighted by molar-refractivity contribution is 5.81.